The van der Waals surface area contributed by atoms with E-state index < -0.39 is 28.5 Å². The van der Waals surface area contributed by atoms with Crippen molar-refractivity contribution >= 4 is 39.1 Å². The van der Waals surface area contributed by atoms with Gasteiger partial charge in [-0.25, -0.2) is 8.42 Å². The number of amides is 2. The molecule has 0 heterocycles. The number of halogens is 1. The predicted molar refractivity (Wildman–Crippen MR) is 178 cm³/mol. The normalized spacial score (nSPS) is 12.0. The van der Waals surface area contributed by atoms with Gasteiger partial charge in [0, 0.05) is 30.1 Å². The average molecular weight is 648 g/mol. The van der Waals surface area contributed by atoms with Crippen molar-refractivity contribution in [2.45, 2.75) is 50.7 Å². The fourth-order valence-electron chi connectivity index (χ4n) is 4.90. The first-order valence-electron chi connectivity index (χ1n) is 14.6. The van der Waals surface area contributed by atoms with Crippen LogP contribution in [-0.2, 0) is 32.6 Å². The molecule has 4 aromatic rings. The lowest BCUT2D eigenvalue weighted by atomic mass is 10.0. The van der Waals surface area contributed by atoms with Gasteiger partial charge < -0.3 is 15.0 Å². The number of benzene rings is 4. The van der Waals surface area contributed by atoms with Crippen LogP contribution in [0.1, 0.15) is 30.5 Å². The summed E-state index contributed by atoms with van der Waals surface area (Å²) < 4.78 is 34.8. The van der Waals surface area contributed by atoms with Gasteiger partial charge >= 0.3 is 0 Å². The number of nitrogens with zero attached hydrogens (tertiary/aromatic N) is 2. The fourth-order valence-corrected chi connectivity index (χ4v) is 6.52. The highest BCUT2D eigenvalue weighted by Crippen LogP contribution is 2.28. The summed E-state index contributed by atoms with van der Waals surface area (Å²) in [5.41, 5.74) is 2.69. The van der Waals surface area contributed by atoms with Crippen molar-refractivity contribution < 1.29 is 22.7 Å². The average Bonchev–Trinajstić information content (AvgIpc) is 3.01. The number of hydrogen-bond donors (Lipinski definition) is 1. The Morgan fingerprint density at radius 2 is 1.53 bits per heavy atom. The Balaban J connectivity index is 1.82. The minimum Gasteiger partial charge on any atom is -0.497 e. The van der Waals surface area contributed by atoms with E-state index in [2.05, 4.69) is 5.32 Å². The Bertz CT molecular complexity index is 1710. The molecule has 0 aliphatic carbocycles. The molecule has 10 heteroatoms. The van der Waals surface area contributed by atoms with Crippen LogP contribution in [0.5, 0.6) is 5.75 Å². The molecule has 0 unspecified atom stereocenters. The Morgan fingerprint density at radius 1 is 0.867 bits per heavy atom. The molecule has 2 amide bonds. The van der Waals surface area contributed by atoms with Gasteiger partial charge in [-0.3, -0.25) is 13.9 Å². The van der Waals surface area contributed by atoms with Crippen LogP contribution in [0.4, 0.5) is 5.69 Å². The van der Waals surface area contributed by atoms with Crippen molar-refractivity contribution in [2.75, 3.05) is 18.0 Å². The van der Waals surface area contributed by atoms with Crippen molar-refractivity contribution in [1.82, 2.24) is 10.2 Å². The van der Waals surface area contributed by atoms with E-state index in [0.29, 0.717) is 16.3 Å². The zero-order valence-corrected chi connectivity index (χ0v) is 27.4. The number of sulfonamides is 1. The molecule has 0 aliphatic rings. The van der Waals surface area contributed by atoms with Gasteiger partial charge in [0.25, 0.3) is 10.0 Å². The van der Waals surface area contributed by atoms with Gasteiger partial charge in [0.2, 0.25) is 11.8 Å². The standard InChI is InChI=1S/C35H38ClN3O5S/c1-25(2)37-35(41)33(21-27-10-6-5-7-11-27)38(23-28-12-8-13-29(36)20-28)34(40)24-39(30-14-9-15-31(22-30)44-4)45(42,43)32-18-16-26(3)17-19-32/h5-20,22,25,33H,21,23-24H2,1-4H3,(H,37,41)/t33-/m0/s1. The van der Waals surface area contributed by atoms with Crippen LogP contribution in [0.15, 0.2) is 108 Å². The summed E-state index contributed by atoms with van der Waals surface area (Å²) in [7, 11) is -2.74. The summed E-state index contributed by atoms with van der Waals surface area (Å²) in [5, 5.41) is 3.43. The molecule has 0 fully saturated rings. The summed E-state index contributed by atoms with van der Waals surface area (Å²) in [6.07, 6.45) is 0.218. The largest absolute Gasteiger partial charge is 0.497 e. The number of ether oxygens (including phenoxy) is 1. The molecule has 236 valence electrons. The Kier molecular flexibility index (Phi) is 11.3. The Morgan fingerprint density at radius 3 is 2.18 bits per heavy atom. The molecular weight excluding hydrogens is 610 g/mol. The molecule has 0 bridgehead atoms. The minimum absolute atomic E-state index is 0.0267. The molecule has 0 aliphatic heterocycles. The number of nitrogens with one attached hydrogen (secondary N) is 1. The van der Waals surface area contributed by atoms with E-state index in [1.807, 2.05) is 57.2 Å². The van der Waals surface area contributed by atoms with Crippen molar-refractivity contribution in [2.24, 2.45) is 0 Å². The predicted octanol–water partition coefficient (Wildman–Crippen LogP) is 6.02. The second kappa shape index (κ2) is 15.1. The van der Waals surface area contributed by atoms with E-state index >= 15 is 0 Å². The maximum Gasteiger partial charge on any atom is 0.264 e. The van der Waals surface area contributed by atoms with Gasteiger partial charge in [-0.15, -0.1) is 0 Å². The summed E-state index contributed by atoms with van der Waals surface area (Å²) in [6.45, 7) is 5.02. The van der Waals surface area contributed by atoms with Gasteiger partial charge in [-0.1, -0.05) is 77.8 Å². The topological polar surface area (TPSA) is 96.0 Å². The van der Waals surface area contributed by atoms with Crippen LogP contribution in [0.25, 0.3) is 0 Å². The maximum absolute atomic E-state index is 14.5. The molecule has 0 radical (unpaired) electrons. The van der Waals surface area contributed by atoms with E-state index in [4.69, 9.17) is 16.3 Å². The number of carbonyl (C=O) groups is 2. The molecule has 0 saturated carbocycles. The van der Waals surface area contributed by atoms with Crippen molar-refractivity contribution in [3.8, 4) is 5.75 Å². The number of rotatable bonds is 13. The molecule has 4 rings (SSSR count). The van der Waals surface area contributed by atoms with Crippen molar-refractivity contribution in [3.05, 3.63) is 125 Å². The van der Waals surface area contributed by atoms with E-state index in [1.54, 1.807) is 54.6 Å². The molecule has 0 spiro atoms. The fraction of sp³-hybridized carbons (Fsp3) is 0.257. The van der Waals surface area contributed by atoms with E-state index in [0.717, 1.165) is 15.4 Å². The first kappa shape index (κ1) is 33.6. The summed E-state index contributed by atoms with van der Waals surface area (Å²) in [5.74, 6) is -0.482. The van der Waals surface area contributed by atoms with Crippen molar-refractivity contribution in [3.63, 3.8) is 0 Å². The van der Waals surface area contributed by atoms with Crippen LogP contribution in [0.2, 0.25) is 5.02 Å². The van der Waals surface area contributed by atoms with Crippen LogP contribution in [0, 0.1) is 6.92 Å². The van der Waals surface area contributed by atoms with Gasteiger partial charge in [0.15, 0.2) is 0 Å². The van der Waals surface area contributed by atoms with Crippen LogP contribution in [0.3, 0.4) is 0 Å². The van der Waals surface area contributed by atoms with Crippen molar-refractivity contribution in [1.29, 1.82) is 0 Å². The van der Waals surface area contributed by atoms with Gasteiger partial charge in [-0.2, -0.15) is 0 Å². The highest BCUT2D eigenvalue weighted by atomic mass is 35.5. The lowest BCUT2D eigenvalue weighted by Crippen LogP contribution is -2.54. The highest BCUT2D eigenvalue weighted by molar-refractivity contribution is 7.92. The monoisotopic (exact) mass is 647 g/mol. The van der Waals surface area contributed by atoms with E-state index in [9.17, 15) is 18.0 Å². The van der Waals surface area contributed by atoms with Gasteiger partial charge in [-0.05, 0) is 68.3 Å². The lowest BCUT2D eigenvalue weighted by Gasteiger charge is -2.34. The first-order valence-corrected chi connectivity index (χ1v) is 16.4. The number of anilines is 1. The van der Waals surface area contributed by atoms with Gasteiger partial charge in [0.1, 0.15) is 18.3 Å². The zero-order chi connectivity index (χ0) is 32.6. The molecule has 8 nitrogen and oxygen atoms in total. The quantitative estimate of drug-likeness (QED) is 0.192. The third-order valence-corrected chi connectivity index (χ3v) is 9.20. The van der Waals surface area contributed by atoms with E-state index in [1.165, 1.54) is 24.1 Å². The third-order valence-electron chi connectivity index (χ3n) is 7.17. The molecule has 0 aromatic heterocycles. The molecule has 0 saturated heterocycles. The highest BCUT2D eigenvalue weighted by Gasteiger charge is 2.35. The maximum atomic E-state index is 14.5. The first-order chi connectivity index (χ1) is 21.5. The summed E-state index contributed by atoms with van der Waals surface area (Å²) in [4.78, 5) is 29.7. The van der Waals surface area contributed by atoms with Gasteiger partial charge in [0.05, 0.1) is 17.7 Å². The molecule has 45 heavy (non-hydrogen) atoms. The Labute approximate surface area is 270 Å². The summed E-state index contributed by atoms with van der Waals surface area (Å²) >= 11 is 6.30. The number of hydrogen-bond acceptors (Lipinski definition) is 5. The summed E-state index contributed by atoms with van der Waals surface area (Å²) in [6, 6.07) is 28.3. The Hall–Kier alpha value is -4.34. The lowest BCUT2D eigenvalue weighted by molar-refractivity contribution is -0.140. The smallest absolute Gasteiger partial charge is 0.264 e. The van der Waals surface area contributed by atoms with Crippen LogP contribution >= 0.6 is 11.6 Å². The molecule has 4 aromatic carbocycles. The second-order valence-electron chi connectivity index (χ2n) is 11.0. The third kappa shape index (κ3) is 8.86. The molecule has 1 atom stereocenters. The number of methoxy groups -OCH3 is 1. The second-order valence-corrected chi connectivity index (χ2v) is 13.3. The SMILES string of the molecule is COc1cccc(N(CC(=O)N(Cc2cccc(Cl)c2)[C@@H](Cc2ccccc2)C(=O)NC(C)C)S(=O)(=O)c2ccc(C)cc2)c1. The van der Waals surface area contributed by atoms with Crippen LogP contribution < -0.4 is 14.4 Å². The number of carbonyl (C=O) groups excluding carboxylic acids is 2. The van der Waals surface area contributed by atoms with Crippen LogP contribution in [-0.4, -0.2) is 50.9 Å². The molecule has 1 N–H and O–H groups in total. The number of aryl methyl sites for hydroxylation is 1. The molecular formula is C35H38ClN3O5S. The van der Waals surface area contributed by atoms with E-state index in [-0.39, 0.29) is 35.5 Å². The zero-order valence-electron chi connectivity index (χ0n) is 25.8. The minimum atomic E-state index is -4.22.